The Kier molecular flexibility index (Phi) is 5.35. The second-order valence-electron chi connectivity index (χ2n) is 8.22. The van der Waals surface area contributed by atoms with Gasteiger partial charge in [0.2, 0.25) is 5.91 Å². The second-order valence-corrected chi connectivity index (χ2v) is 12.5. The van der Waals surface area contributed by atoms with Crippen LogP contribution < -0.4 is 10.4 Å². The fraction of sp³-hybridized carbons (Fsp3) is 0.409. The number of benzene rings is 2. The maximum atomic E-state index is 11.9. The van der Waals surface area contributed by atoms with Gasteiger partial charge in [-0.3, -0.25) is 4.79 Å². The molecule has 4 heteroatoms. The van der Waals surface area contributed by atoms with Crippen LogP contribution in [0, 0.1) is 0 Å². The average Bonchev–Trinajstić information content (AvgIpc) is 2.63. The Morgan fingerprint density at radius 3 is 1.88 bits per heavy atom. The van der Waals surface area contributed by atoms with E-state index in [2.05, 4.69) is 81.4 Å². The van der Waals surface area contributed by atoms with Crippen LogP contribution in [0.25, 0.3) is 0 Å². The average molecular weight is 368 g/mol. The molecule has 1 fully saturated rings. The van der Waals surface area contributed by atoms with Crippen LogP contribution in [0.4, 0.5) is 0 Å². The number of amides is 1. The number of hydrogen-bond acceptors (Lipinski definition) is 2. The molecule has 26 heavy (non-hydrogen) atoms. The predicted molar refractivity (Wildman–Crippen MR) is 109 cm³/mol. The van der Waals surface area contributed by atoms with Gasteiger partial charge >= 0.3 is 0 Å². The SMILES string of the molecule is CN1CC(O[Si](c2ccccc2)(c2ccccc2)C(C)(C)C)CCC1=O. The molecule has 0 bridgehead atoms. The molecule has 1 unspecified atom stereocenters. The standard InChI is InChI=1S/C22H29NO2Si/c1-22(2,3)26(19-11-7-5-8-12-19,20-13-9-6-10-14-20)25-18-15-16-21(24)23(4)17-18/h5-14,18H,15-17H2,1-4H3. The fourth-order valence-electron chi connectivity index (χ4n) is 4.01. The molecule has 3 rings (SSSR count). The lowest BCUT2D eigenvalue weighted by Crippen LogP contribution is -2.68. The zero-order valence-electron chi connectivity index (χ0n) is 16.2. The molecule has 1 aliphatic rings. The highest BCUT2D eigenvalue weighted by Gasteiger charge is 2.51. The third-order valence-corrected chi connectivity index (χ3v) is 10.4. The Bertz CT molecular complexity index is 700. The van der Waals surface area contributed by atoms with Crippen molar-refractivity contribution < 1.29 is 9.22 Å². The maximum absolute atomic E-state index is 11.9. The molecule has 1 saturated heterocycles. The fourth-order valence-corrected chi connectivity index (χ4v) is 8.72. The van der Waals surface area contributed by atoms with E-state index in [0.29, 0.717) is 13.0 Å². The number of rotatable bonds is 4. The summed E-state index contributed by atoms with van der Waals surface area (Å²) in [6.07, 6.45) is 1.44. The van der Waals surface area contributed by atoms with Crippen LogP contribution in [0.2, 0.25) is 5.04 Å². The molecular weight excluding hydrogens is 338 g/mol. The minimum Gasteiger partial charge on any atom is -0.403 e. The van der Waals surface area contributed by atoms with E-state index >= 15 is 0 Å². The van der Waals surface area contributed by atoms with Crippen molar-refractivity contribution in [1.82, 2.24) is 4.90 Å². The van der Waals surface area contributed by atoms with E-state index in [0.717, 1.165) is 6.42 Å². The summed E-state index contributed by atoms with van der Waals surface area (Å²) in [7, 11) is -0.648. The van der Waals surface area contributed by atoms with Gasteiger partial charge in [0, 0.05) is 20.0 Å². The quantitative estimate of drug-likeness (QED) is 0.777. The monoisotopic (exact) mass is 367 g/mol. The van der Waals surface area contributed by atoms with Gasteiger partial charge in [-0.05, 0) is 21.8 Å². The van der Waals surface area contributed by atoms with Gasteiger partial charge in [0.15, 0.2) is 0 Å². The lowest BCUT2D eigenvalue weighted by atomic mass is 10.1. The third-order valence-electron chi connectivity index (χ3n) is 5.34. The molecule has 0 saturated carbocycles. The molecular formula is C22H29NO2Si. The number of likely N-dealkylation sites (N-methyl/N-ethyl adjacent to an activating group) is 1. The summed E-state index contributed by atoms with van der Waals surface area (Å²) in [6, 6.07) is 21.4. The lowest BCUT2D eigenvalue weighted by Gasteiger charge is -2.46. The summed E-state index contributed by atoms with van der Waals surface area (Å²) in [4.78, 5) is 13.7. The highest BCUT2D eigenvalue weighted by Crippen LogP contribution is 2.38. The topological polar surface area (TPSA) is 29.5 Å². The number of carbonyl (C=O) groups excluding carboxylic acids is 1. The maximum Gasteiger partial charge on any atom is 0.261 e. The Balaban J connectivity index is 2.10. The minimum absolute atomic E-state index is 0.0320. The normalized spacial score (nSPS) is 18.8. The van der Waals surface area contributed by atoms with Gasteiger partial charge in [0.1, 0.15) is 0 Å². The van der Waals surface area contributed by atoms with Gasteiger partial charge < -0.3 is 9.33 Å². The Morgan fingerprint density at radius 2 is 1.46 bits per heavy atom. The van der Waals surface area contributed by atoms with Crippen LogP contribution in [0.1, 0.15) is 33.6 Å². The summed E-state index contributed by atoms with van der Waals surface area (Å²) in [5.74, 6) is 0.215. The van der Waals surface area contributed by atoms with E-state index in [1.165, 1.54) is 10.4 Å². The largest absolute Gasteiger partial charge is 0.403 e. The van der Waals surface area contributed by atoms with Crippen molar-refractivity contribution in [3.8, 4) is 0 Å². The number of piperidine rings is 1. The molecule has 1 amide bonds. The van der Waals surface area contributed by atoms with E-state index in [4.69, 9.17) is 4.43 Å². The zero-order chi connectivity index (χ0) is 18.8. The first-order valence-electron chi connectivity index (χ1n) is 9.37. The molecule has 0 spiro atoms. The third kappa shape index (κ3) is 3.48. The summed E-state index contributed by atoms with van der Waals surface area (Å²) < 4.78 is 7.08. The first-order chi connectivity index (χ1) is 12.3. The van der Waals surface area contributed by atoms with Crippen LogP contribution in [-0.4, -0.2) is 38.8 Å². The molecule has 0 aromatic heterocycles. The van der Waals surface area contributed by atoms with Gasteiger partial charge in [-0.2, -0.15) is 0 Å². The van der Waals surface area contributed by atoms with Crippen molar-refractivity contribution >= 4 is 24.6 Å². The van der Waals surface area contributed by atoms with Crippen molar-refractivity contribution in [1.29, 1.82) is 0 Å². The highest BCUT2D eigenvalue weighted by atomic mass is 28.4. The van der Waals surface area contributed by atoms with Crippen LogP contribution in [-0.2, 0) is 9.22 Å². The van der Waals surface area contributed by atoms with Crippen molar-refractivity contribution in [2.24, 2.45) is 0 Å². The second kappa shape index (κ2) is 7.37. The first-order valence-corrected chi connectivity index (χ1v) is 11.3. The van der Waals surface area contributed by atoms with Crippen molar-refractivity contribution in [2.75, 3.05) is 13.6 Å². The molecule has 1 atom stereocenters. The number of likely N-dealkylation sites (tertiary alicyclic amines) is 1. The molecule has 3 nitrogen and oxygen atoms in total. The first kappa shape index (κ1) is 18.9. The van der Waals surface area contributed by atoms with Gasteiger partial charge in [-0.25, -0.2) is 0 Å². The Hall–Kier alpha value is -1.91. The van der Waals surface area contributed by atoms with E-state index in [1.807, 2.05) is 11.9 Å². The Morgan fingerprint density at radius 1 is 0.962 bits per heavy atom. The molecule has 0 N–H and O–H groups in total. The van der Waals surface area contributed by atoms with Crippen LogP contribution in [0.5, 0.6) is 0 Å². The molecule has 2 aromatic carbocycles. The van der Waals surface area contributed by atoms with Crippen molar-refractivity contribution in [3.05, 3.63) is 60.7 Å². The van der Waals surface area contributed by atoms with E-state index in [-0.39, 0.29) is 17.0 Å². The van der Waals surface area contributed by atoms with Gasteiger partial charge in [-0.15, -0.1) is 0 Å². The molecule has 1 heterocycles. The summed E-state index contributed by atoms with van der Waals surface area (Å²) in [5.41, 5.74) is 0. The number of carbonyl (C=O) groups is 1. The van der Waals surface area contributed by atoms with E-state index in [1.54, 1.807) is 0 Å². The van der Waals surface area contributed by atoms with Gasteiger partial charge in [0.05, 0.1) is 6.10 Å². The van der Waals surface area contributed by atoms with Gasteiger partial charge in [0.25, 0.3) is 8.32 Å². The predicted octanol–water partition coefficient (Wildman–Crippen LogP) is 3.18. The molecule has 2 aromatic rings. The summed E-state index contributed by atoms with van der Waals surface area (Å²) in [6.45, 7) is 7.54. The van der Waals surface area contributed by atoms with Crippen molar-refractivity contribution in [3.63, 3.8) is 0 Å². The van der Waals surface area contributed by atoms with Crippen LogP contribution in [0.15, 0.2) is 60.7 Å². The molecule has 0 aliphatic carbocycles. The molecule has 0 radical (unpaired) electrons. The van der Waals surface area contributed by atoms with Crippen molar-refractivity contribution in [2.45, 2.75) is 44.8 Å². The summed E-state index contributed by atoms with van der Waals surface area (Å²) >= 11 is 0. The lowest BCUT2D eigenvalue weighted by molar-refractivity contribution is -0.134. The highest BCUT2D eigenvalue weighted by molar-refractivity contribution is 6.99. The molecule has 138 valence electrons. The number of nitrogens with zero attached hydrogens (tertiary/aromatic N) is 1. The Labute approximate surface area is 158 Å². The number of hydrogen-bond donors (Lipinski definition) is 0. The van der Waals surface area contributed by atoms with E-state index < -0.39 is 8.32 Å². The minimum atomic E-state index is -2.53. The van der Waals surface area contributed by atoms with E-state index in [9.17, 15) is 4.79 Å². The van der Waals surface area contributed by atoms with Crippen LogP contribution >= 0.6 is 0 Å². The summed E-state index contributed by atoms with van der Waals surface area (Å²) in [5, 5.41) is 2.55. The molecule has 1 aliphatic heterocycles. The zero-order valence-corrected chi connectivity index (χ0v) is 17.2. The smallest absolute Gasteiger partial charge is 0.261 e. The van der Waals surface area contributed by atoms with Crippen LogP contribution in [0.3, 0.4) is 0 Å². The van der Waals surface area contributed by atoms with Gasteiger partial charge in [-0.1, -0.05) is 81.4 Å².